The quantitative estimate of drug-likeness (QED) is 0.0448. The van der Waals surface area contributed by atoms with Crippen LogP contribution in [-0.2, 0) is 25.6 Å². The van der Waals surface area contributed by atoms with Gasteiger partial charge in [-0.15, -0.1) is 0 Å². The number of aliphatic carboxylic acids is 1. The summed E-state index contributed by atoms with van der Waals surface area (Å²) in [4.78, 5) is 57.9. The van der Waals surface area contributed by atoms with Crippen LogP contribution in [0.3, 0.4) is 0 Å². The first-order chi connectivity index (χ1) is 19.3. The number of hydrogen-bond donors (Lipinski definition) is 11. The van der Waals surface area contributed by atoms with Gasteiger partial charge in [-0.2, -0.15) is 0 Å². The summed E-state index contributed by atoms with van der Waals surface area (Å²) >= 11 is 0. The number of benzene rings is 1. The van der Waals surface area contributed by atoms with Crippen LogP contribution in [0.25, 0.3) is 0 Å². The fourth-order valence-corrected chi connectivity index (χ4v) is 3.53. The van der Waals surface area contributed by atoms with Gasteiger partial charge in [-0.1, -0.05) is 12.1 Å². The number of phenolic OH excluding ortho intramolecular Hbond substituents is 1. The van der Waals surface area contributed by atoms with Crippen molar-refractivity contribution in [3.05, 3.63) is 29.8 Å². The molecule has 1 aromatic rings. The summed E-state index contributed by atoms with van der Waals surface area (Å²) < 4.78 is 0. The standard InChI is InChI=1S/C24H40N10O7/c25-15(11-13-5-7-14(36)8-6-13)19(37)32-16(3-1-9-30-23(26)27)20(38)33-17(4-2-10-31-24(28)29)21(39)34-18(12-35)22(40)41/h5-8,15-18,35-36H,1-4,9-12,25H2,(H,32,37)(H,33,38)(H,34,39)(H,40,41)(H4,26,27,30)(H4,28,29,31). The monoisotopic (exact) mass is 580 g/mol. The molecule has 17 nitrogen and oxygen atoms in total. The Morgan fingerprint density at radius 2 is 1.20 bits per heavy atom. The fourth-order valence-electron chi connectivity index (χ4n) is 3.53. The molecule has 0 aliphatic rings. The molecule has 17 heteroatoms. The van der Waals surface area contributed by atoms with Gasteiger partial charge < -0.3 is 59.9 Å². The lowest BCUT2D eigenvalue weighted by molar-refractivity contribution is -0.143. The zero-order valence-corrected chi connectivity index (χ0v) is 22.5. The zero-order valence-electron chi connectivity index (χ0n) is 22.5. The normalized spacial score (nSPS) is 13.5. The number of nitrogens with two attached hydrogens (primary N) is 5. The van der Waals surface area contributed by atoms with Crippen molar-refractivity contribution in [1.29, 1.82) is 0 Å². The zero-order chi connectivity index (χ0) is 30.9. The van der Waals surface area contributed by atoms with Gasteiger partial charge in [0.1, 0.15) is 23.9 Å². The lowest BCUT2D eigenvalue weighted by Crippen LogP contribution is -2.57. The van der Waals surface area contributed by atoms with Gasteiger partial charge in [0.25, 0.3) is 0 Å². The minimum absolute atomic E-state index is 0.00115. The average Bonchev–Trinajstić information content (AvgIpc) is 2.90. The van der Waals surface area contributed by atoms with E-state index in [0.717, 1.165) is 0 Å². The van der Waals surface area contributed by atoms with Gasteiger partial charge in [0.05, 0.1) is 12.6 Å². The minimum Gasteiger partial charge on any atom is -0.508 e. The van der Waals surface area contributed by atoms with E-state index in [1.807, 2.05) is 0 Å². The van der Waals surface area contributed by atoms with Gasteiger partial charge >= 0.3 is 5.97 Å². The number of carbonyl (C=O) groups is 4. The van der Waals surface area contributed by atoms with Crippen molar-refractivity contribution in [3.8, 4) is 5.75 Å². The van der Waals surface area contributed by atoms with Crippen molar-refractivity contribution in [3.63, 3.8) is 0 Å². The number of carboxylic acids is 1. The van der Waals surface area contributed by atoms with Crippen LogP contribution in [0.5, 0.6) is 5.75 Å². The minimum atomic E-state index is -1.60. The molecular formula is C24H40N10O7. The number of amides is 3. The second-order valence-corrected chi connectivity index (χ2v) is 9.08. The first-order valence-corrected chi connectivity index (χ1v) is 12.7. The van der Waals surface area contributed by atoms with Crippen molar-refractivity contribution < 1.29 is 34.5 Å². The predicted molar refractivity (Wildman–Crippen MR) is 150 cm³/mol. The predicted octanol–water partition coefficient (Wildman–Crippen LogP) is -4.10. The number of aliphatic hydroxyl groups excluding tert-OH is 1. The first kappa shape index (κ1) is 34.4. The Bertz CT molecular complexity index is 1070. The van der Waals surface area contributed by atoms with Crippen molar-refractivity contribution >= 4 is 35.6 Å². The molecule has 0 aliphatic carbocycles. The van der Waals surface area contributed by atoms with E-state index in [2.05, 4.69) is 25.9 Å². The van der Waals surface area contributed by atoms with E-state index in [0.29, 0.717) is 5.56 Å². The largest absolute Gasteiger partial charge is 0.508 e. The molecule has 16 N–H and O–H groups in total. The first-order valence-electron chi connectivity index (χ1n) is 12.7. The summed E-state index contributed by atoms with van der Waals surface area (Å²) in [5.41, 5.74) is 28.0. The number of rotatable bonds is 18. The van der Waals surface area contributed by atoms with Crippen LogP contribution < -0.4 is 44.6 Å². The van der Waals surface area contributed by atoms with Gasteiger partial charge in [0.15, 0.2) is 11.9 Å². The number of carbonyl (C=O) groups excluding carboxylic acids is 3. The average molecular weight is 581 g/mol. The van der Waals surface area contributed by atoms with E-state index < -0.39 is 54.5 Å². The number of nitrogens with zero attached hydrogens (tertiary/aromatic N) is 2. The Balaban J connectivity index is 3.06. The highest BCUT2D eigenvalue weighted by Gasteiger charge is 2.30. The smallest absolute Gasteiger partial charge is 0.328 e. The molecule has 228 valence electrons. The molecule has 0 aliphatic heterocycles. The van der Waals surface area contributed by atoms with E-state index in [4.69, 9.17) is 28.7 Å². The number of carboxylic acid groups (broad SMARTS) is 1. The van der Waals surface area contributed by atoms with E-state index in [9.17, 15) is 34.5 Å². The maximum atomic E-state index is 13.3. The third-order valence-corrected chi connectivity index (χ3v) is 5.68. The highest BCUT2D eigenvalue weighted by atomic mass is 16.4. The summed E-state index contributed by atoms with van der Waals surface area (Å²) in [6.07, 6.45) is 0.683. The maximum Gasteiger partial charge on any atom is 0.328 e. The molecule has 0 radical (unpaired) electrons. The van der Waals surface area contributed by atoms with Crippen LogP contribution in [0.2, 0.25) is 0 Å². The molecule has 0 fully saturated rings. The summed E-state index contributed by atoms with van der Waals surface area (Å²) in [5.74, 6) is -4.03. The van der Waals surface area contributed by atoms with Crippen molar-refractivity contribution in [2.24, 2.45) is 38.7 Å². The molecule has 41 heavy (non-hydrogen) atoms. The SMILES string of the molecule is NC(N)=NCCCC(NC(=O)C(N)Cc1ccc(O)cc1)C(=O)NC(CCCN=C(N)N)C(=O)NC(CO)C(=O)O. The molecule has 4 unspecified atom stereocenters. The number of aromatic hydroxyl groups is 1. The fraction of sp³-hybridized carbons (Fsp3) is 0.500. The maximum absolute atomic E-state index is 13.3. The molecule has 0 aromatic heterocycles. The van der Waals surface area contributed by atoms with Crippen LogP contribution in [0.1, 0.15) is 31.2 Å². The third-order valence-electron chi connectivity index (χ3n) is 5.68. The molecule has 4 atom stereocenters. The molecule has 3 amide bonds. The number of aliphatic hydroxyl groups is 1. The topological polar surface area (TPSA) is 320 Å². The van der Waals surface area contributed by atoms with Crippen LogP contribution in [-0.4, -0.2) is 94.8 Å². The highest BCUT2D eigenvalue weighted by molar-refractivity contribution is 5.94. The second-order valence-electron chi connectivity index (χ2n) is 9.08. The molecule has 0 bridgehead atoms. The van der Waals surface area contributed by atoms with Crippen LogP contribution in [0, 0.1) is 0 Å². The van der Waals surface area contributed by atoms with E-state index in [-0.39, 0.29) is 62.9 Å². The summed E-state index contributed by atoms with van der Waals surface area (Å²) in [6.45, 7) is -0.603. The van der Waals surface area contributed by atoms with E-state index >= 15 is 0 Å². The Kier molecular flexibility index (Phi) is 15.0. The Morgan fingerprint density at radius 3 is 1.61 bits per heavy atom. The molecule has 0 saturated heterocycles. The third kappa shape index (κ3) is 13.8. The highest BCUT2D eigenvalue weighted by Crippen LogP contribution is 2.11. The number of aliphatic imine (C=N–C) groups is 2. The van der Waals surface area contributed by atoms with Gasteiger partial charge in [-0.05, 0) is 49.8 Å². The molecule has 0 heterocycles. The van der Waals surface area contributed by atoms with Crippen LogP contribution >= 0.6 is 0 Å². The summed E-state index contributed by atoms with van der Waals surface area (Å²) in [7, 11) is 0. The van der Waals surface area contributed by atoms with Gasteiger partial charge in [-0.3, -0.25) is 24.4 Å². The Morgan fingerprint density at radius 1 is 0.756 bits per heavy atom. The summed E-state index contributed by atoms with van der Waals surface area (Å²) in [5, 5.41) is 35.1. The molecule has 1 rings (SSSR count). The summed E-state index contributed by atoms with van der Waals surface area (Å²) in [6, 6.07) is 1.03. The van der Waals surface area contributed by atoms with E-state index in [1.165, 1.54) is 12.1 Å². The number of hydrogen-bond acceptors (Lipinski definition) is 9. The van der Waals surface area contributed by atoms with Crippen molar-refractivity contribution in [2.75, 3.05) is 19.7 Å². The van der Waals surface area contributed by atoms with Crippen molar-refractivity contribution in [2.45, 2.75) is 56.3 Å². The Labute approximate surface area is 236 Å². The lowest BCUT2D eigenvalue weighted by atomic mass is 10.0. The van der Waals surface area contributed by atoms with E-state index in [1.54, 1.807) is 12.1 Å². The number of guanidine groups is 2. The van der Waals surface area contributed by atoms with Crippen LogP contribution in [0.4, 0.5) is 0 Å². The van der Waals surface area contributed by atoms with Crippen LogP contribution in [0.15, 0.2) is 34.3 Å². The second kappa shape index (κ2) is 17.9. The van der Waals surface area contributed by atoms with Gasteiger partial charge in [0.2, 0.25) is 17.7 Å². The van der Waals surface area contributed by atoms with Gasteiger partial charge in [-0.25, -0.2) is 4.79 Å². The number of nitrogens with one attached hydrogen (secondary N) is 3. The van der Waals surface area contributed by atoms with Gasteiger partial charge in [0, 0.05) is 13.1 Å². The lowest BCUT2D eigenvalue weighted by Gasteiger charge is -2.25. The molecule has 0 saturated carbocycles. The molecule has 0 spiro atoms. The Hall–Kier alpha value is -4.64. The number of phenols is 1. The molecular weight excluding hydrogens is 540 g/mol. The van der Waals surface area contributed by atoms with Crippen molar-refractivity contribution in [1.82, 2.24) is 16.0 Å². The molecule has 1 aromatic carbocycles.